The monoisotopic (exact) mass is 383 g/mol. The van der Waals surface area contributed by atoms with Crippen molar-refractivity contribution in [1.82, 2.24) is 0 Å². The number of anilines is 1. The van der Waals surface area contributed by atoms with Crippen molar-refractivity contribution in [2.24, 2.45) is 0 Å². The standard InChI is InChI=1S/C20H21N3O3S/c1-15-12-18(20(21-3)22-4)13-16(2)23(15)19-10-7-9-17(14-19)8-5-6-11-27(24,25)26/h7,9-10,12-14H,5-6,8,11H2,1-2H3,(H,24,25,26). The summed E-state index contributed by atoms with van der Waals surface area (Å²) in [6.07, 6.45) is 5.45. The topological polar surface area (TPSA) is 66.3 Å². The molecule has 0 bridgehead atoms. The van der Waals surface area contributed by atoms with Gasteiger partial charge in [0.2, 0.25) is 0 Å². The lowest BCUT2D eigenvalue weighted by atomic mass is 10.0. The van der Waals surface area contributed by atoms with E-state index in [4.69, 9.17) is 17.7 Å². The Bertz CT molecular complexity index is 968. The third-order valence-corrected chi connectivity index (χ3v) is 5.00. The molecule has 1 N–H and O–H groups in total. The van der Waals surface area contributed by atoms with Crippen molar-refractivity contribution < 1.29 is 13.0 Å². The maximum absolute atomic E-state index is 10.8. The molecule has 1 heterocycles. The van der Waals surface area contributed by atoms with Crippen molar-refractivity contribution in [3.05, 3.63) is 87.6 Å². The number of rotatable bonds is 6. The number of unbranched alkanes of at least 4 members (excludes halogenated alkanes) is 1. The van der Waals surface area contributed by atoms with E-state index in [1.165, 1.54) is 0 Å². The van der Waals surface area contributed by atoms with Crippen LogP contribution in [-0.4, -0.2) is 18.7 Å². The molecule has 0 fully saturated rings. The number of hydrogen-bond acceptors (Lipinski definition) is 3. The Hall–Kier alpha value is -2.87. The zero-order valence-electron chi connectivity index (χ0n) is 15.3. The molecule has 0 atom stereocenters. The number of aryl methyl sites for hydroxylation is 1. The van der Waals surface area contributed by atoms with Gasteiger partial charge in [-0.1, -0.05) is 12.1 Å². The average molecular weight is 383 g/mol. The van der Waals surface area contributed by atoms with Gasteiger partial charge in [0.25, 0.3) is 10.1 Å². The van der Waals surface area contributed by atoms with Gasteiger partial charge < -0.3 is 4.90 Å². The molecule has 0 aliphatic carbocycles. The van der Waals surface area contributed by atoms with Gasteiger partial charge in [-0.25, -0.2) is 0 Å². The number of nitrogens with zero attached hydrogens (tertiary/aromatic N) is 3. The molecule has 27 heavy (non-hydrogen) atoms. The van der Waals surface area contributed by atoms with Gasteiger partial charge >= 0.3 is 5.82 Å². The second-order valence-corrected chi connectivity index (χ2v) is 7.89. The van der Waals surface area contributed by atoms with Crippen LogP contribution in [0, 0.1) is 13.1 Å². The summed E-state index contributed by atoms with van der Waals surface area (Å²) in [5, 5.41) is 0. The largest absolute Gasteiger partial charge is 0.526 e. The second-order valence-electron chi connectivity index (χ2n) is 6.32. The molecule has 0 unspecified atom stereocenters. The Morgan fingerprint density at radius 1 is 1.11 bits per heavy atom. The first-order valence-electron chi connectivity index (χ1n) is 8.45. The summed E-state index contributed by atoms with van der Waals surface area (Å²) in [6.45, 7) is 18.1. The molecule has 0 aromatic heterocycles. The Labute approximate surface area is 160 Å². The van der Waals surface area contributed by atoms with E-state index < -0.39 is 10.1 Å². The van der Waals surface area contributed by atoms with E-state index in [0.717, 1.165) is 22.6 Å². The minimum atomic E-state index is -3.90. The van der Waals surface area contributed by atoms with Gasteiger partial charge in [-0.15, -0.1) is 0 Å². The molecule has 1 aromatic rings. The van der Waals surface area contributed by atoms with Gasteiger partial charge in [-0.05, 0) is 63.0 Å². The first kappa shape index (κ1) is 20.4. The highest BCUT2D eigenvalue weighted by Crippen LogP contribution is 2.31. The van der Waals surface area contributed by atoms with Crippen LogP contribution < -0.4 is 4.90 Å². The van der Waals surface area contributed by atoms with Gasteiger partial charge in [0.05, 0.1) is 11.3 Å². The highest BCUT2D eigenvalue weighted by molar-refractivity contribution is 7.85. The Balaban J connectivity index is 2.19. The van der Waals surface area contributed by atoms with Crippen molar-refractivity contribution in [1.29, 1.82) is 0 Å². The SMILES string of the molecule is [C-]#[N+]C([N+]#[C-])=C1C=C(C)N(c2cccc(CCCCS(=O)(=O)O)c2)C(C)=C1. The fraction of sp³-hybridized carbons (Fsp3) is 0.300. The van der Waals surface area contributed by atoms with Gasteiger partial charge in [0.1, 0.15) is 13.1 Å². The zero-order valence-corrected chi connectivity index (χ0v) is 16.1. The van der Waals surface area contributed by atoms with E-state index in [9.17, 15) is 8.42 Å². The number of hydrogen-bond donors (Lipinski definition) is 1. The molecule has 1 aromatic carbocycles. The van der Waals surface area contributed by atoms with E-state index in [2.05, 4.69) is 14.6 Å². The Kier molecular flexibility index (Phi) is 6.57. The summed E-state index contributed by atoms with van der Waals surface area (Å²) < 4.78 is 30.4. The van der Waals surface area contributed by atoms with Gasteiger partial charge in [0, 0.05) is 17.1 Å². The van der Waals surface area contributed by atoms with E-state index in [1.54, 1.807) is 0 Å². The highest BCUT2D eigenvalue weighted by Gasteiger charge is 2.20. The molecule has 140 valence electrons. The van der Waals surface area contributed by atoms with Crippen LogP contribution in [0.2, 0.25) is 0 Å². The van der Waals surface area contributed by atoms with E-state index in [-0.39, 0.29) is 11.6 Å². The van der Waals surface area contributed by atoms with Gasteiger partial charge in [-0.3, -0.25) is 4.55 Å². The Morgan fingerprint density at radius 3 is 2.30 bits per heavy atom. The Morgan fingerprint density at radius 2 is 1.74 bits per heavy atom. The third-order valence-electron chi connectivity index (χ3n) is 4.19. The number of allylic oxidation sites excluding steroid dienone is 5. The lowest BCUT2D eigenvalue weighted by Crippen LogP contribution is -2.21. The molecule has 6 nitrogen and oxygen atoms in total. The van der Waals surface area contributed by atoms with Crippen LogP contribution in [0.15, 0.2) is 59.2 Å². The molecular weight excluding hydrogens is 362 g/mol. The molecule has 0 amide bonds. The van der Waals surface area contributed by atoms with Gasteiger partial charge in [0.15, 0.2) is 0 Å². The van der Waals surface area contributed by atoms with Gasteiger partial charge in [-0.2, -0.15) is 18.1 Å². The van der Waals surface area contributed by atoms with Crippen LogP contribution in [-0.2, 0) is 16.5 Å². The van der Waals surface area contributed by atoms with Crippen LogP contribution in [0.3, 0.4) is 0 Å². The summed E-state index contributed by atoms with van der Waals surface area (Å²) in [4.78, 5) is 8.61. The van der Waals surface area contributed by atoms with E-state index in [0.29, 0.717) is 24.8 Å². The summed E-state index contributed by atoms with van der Waals surface area (Å²) in [5.74, 6) is -0.164. The quantitative estimate of drug-likeness (QED) is 0.444. The minimum Gasteiger partial charge on any atom is -0.319 e. The molecule has 1 aliphatic rings. The lowest BCUT2D eigenvalue weighted by Gasteiger charge is -2.29. The van der Waals surface area contributed by atoms with Crippen molar-refractivity contribution in [2.45, 2.75) is 33.1 Å². The maximum atomic E-state index is 10.8. The molecule has 0 saturated carbocycles. The van der Waals surface area contributed by atoms with Crippen molar-refractivity contribution >= 4 is 15.8 Å². The van der Waals surface area contributed by atoms with Crippen molar-refractivity contribution in [3.8, 4) is 0 Å². The first-order valence-corrected chi connectivity index (χ1v) is 10.1. The zero-order chi connectivity index (χ0) is 20.0. The summed E-state index contributed by atoms with van der Waals surface area (Å²) in [5.41, 5.74) is 4.49. The van der Waals surface area contributed by atoms with Crippen LogP contribution in [0.4, 0.5) is 5.69 Å². The lowest BCUT2D eigenvalue weighted by molar-refractivity contribution is 0.480. The van der Waals surface area contributed by atoms with Crippen LogP contribution >= 0.6 is 0 Å². The fourth-order valence-corrected chi connectivity index (χ4v) is 3.62. The minimum absolute atomic E-state index is 0.0564. The van der Waals surface area contributed by atoms with Crippen LogP contribution in [0.25, 0.3) is 9.69 Å². The highest BCUT2D eigenvalue weighted by atomic mass is 32.2. The molecule has 2 rings (SSSR count). The molecule has 1 aliphatic heterocycles. The molecule has 7 heteroatoms. The third kappa shape index (κ3) is 5.55. The summed E-state index contributed by atoms with van der Waals surface area (Å²) >= 11 is 0. The van der Waals surface area contributed by atoms with E-state index in [1.807, 2.05) is 50.3 Å². The summed E-state index contributed by atoms with van der Waals surface area (Å²) in [6, 6.07) is 7.96. The smallest absolute Gasteiger partial charge is 0.319 e. The first-order chi connectivity index (χ1) is 12.7. The van der Waals surface area contributed by atoms with Crippen LogP contribution in [0.5, 0.6) is 0 Å². The van der Waals surface area contributed by atoms with Crippen LogP contribution in [0.1, 0.15) is 32.3 Å². The van der Waals surface area contributed by atoms with E-state index >= 15 is 0 Å². The molecule has 0 spiro atoms. The normalized spacial score (nSPS) is 14.1. The maximum Gasteiger partial charge on any atom is 0.526 e. The van der Waals surface area contributed by atoms with Crippen molar-refractivity contribution in [2.75, 3.05) is 10.7 Å². The molecular formula is C20H21N3O3S. The fourth-order valence-electron chi connectivity index (χ4n) is 3.05. The molecule has 0 radical (unpaired) electrons. The average Bonchev–Trinajstić information content (AvgIpc) is 2.59. The molecule has 0 saturated heterocycles. The predicted molar refractivity (Wildman–Crippen MR) is 106 cm³/mol. The van der Waals surface area contributed by atoms with Crippen molar-refractivity contribution in [3.63, 3.8) is 0 Å². The predicted octanol–water partition coefficient (Wildman–Crippen LogP) is 4.57. The number of benzene rings is 1. The second kappa shape index (κ2) is 8.68. The summed E-state index contributed by atoms with van der Waals surface area (Å²) in [7, 11) is -3.90.